The second-order valence-electron chi connectivity index (χ2n) is 14.8. The first-order valence-electron chi connectivity index (χ1n) is 15.2. The van der Waals surface area contributed by atoms with Gasteiger partial charge in [0.25, 0.3) is 0 Å². The number of hydrogen-bond acceptors (Lipinski definition) is 4. The highest BCUT2D eigenvalue weighted by molar-refractivity contribution is 5.69. The Balaban J connectivity index is 1.31. The molecule has 0 amide bonds. The maximum atomic E-state index is 12.4. The van der Waals surface area contributed by atoms with Gasteiger partial charge in [-0.15, -0.1) is 0 Å². The third-order valence-electron chi connectivity index (χ3n) is 11.8. The zero-order valence-corrected chi connectivity index (χ0v) is 24.2. The van der Waals surface area contributed by atoms with Crippen LogP contribution in [-0.2, 0) is 9.53 Å². The summed E-state index contributed by atoms with van der Waals surface area (Å²) in [6, 6.07) is 0. The molecule has 208 valence electrons. The van der Waals surface area contributed by atoms with E-state index in [0.717, 1.165) is 56.0 Å². The fourth-order valence-corrected chi connectivity index (χ4v) is 9.65. The second kappa shape index (κ2) is 10.8. The Morgan fingerprint density at radius 1 is 1.00 bits per heavy atom. The Kier molecular flexibility index (Phi) is 8.54. The van der Waals surface area contributed by atoms with E-state index in [-0.39, 0.29) is 29.0 Å². The molecule has 0 bridgehead atoms. The summed E-state index contributed by atoms with van der Waals surface area (Å²) in [5.41, 5.74) is 0.247. The van der Waals surface area contributed by atoms with Crippen molar-refractivity contribution in [1.82, 2.24) is 0 Å². The SMILES string of the molecule is C[C@H](CCC(=O)OCCCC[N+](C)(C)C)[C@H]1CC[C@H]2[C@@H]3CC[C@@H]4C[C@H](O)CC[C@]4(C)[C@H]3C[C@H](O)[C@]12C. The number of esters is 1. The lowest BCUT2D eigenvalue weighted by Crippen LogP contribution is -2.58. The fourth-order valence-electron chi connectivity index (χ4n) is 9.65. The van der Waals surface area contributed by atoms with Gasteiger partial charge in [-0.1, -0.05) is 20.8 Å². The summed E-state index contributed by atoms with van der Waals surface area (Å²) in [6.07, 6.45) is 11.9. The number of rotatable bonds is 9. The maximum Gasteiger partial charge on any atom is 0.305 e. The highest BCUT2D eigenvalue weighted by Crippen LogP contribution is 2.68. The van der Waals surface area contributed by atoms with Gasteiger partial charge in [-0.05, 0) is 117 Å². The number of aliphatic hydroxyl groups excluding tert-OH is 2. The molecule has 36 heavy (non-hydrogen) atoms. The van der Waals surface area contributed by atoms with E-state index >= 15 is 0 Å². The molecule has 0 radical (unpaired) electrons. The van der Waals surface area contributed by atoms with Crippen molar-refractivity contribution in [1.29, 1.82) is 0 Å². The molecule has 4 fully saturated rings. The Hall–Kier alpha value is -0.650. The Morgan fingerprint density at radius 3 is 2.47 bits per heavy atom. The van der Waals surface area contributed by atoms with Crippen molar-refractivity contribution < 1.29 is 24.2 Å². The van der Waals surface area contributed by atoms with E-state index in [9.17, 15) is 15.0 Å². The molecule has 0 aromatic carbocycles. The van der Waals surface area contributed by atoms with Crippen molar-refractivity contribution in [2.75, 3.05) is 34.3 Å². The number of ether oxygens (including phenoxy) is 1. The number of aliphatic hydroxyl groups is 2. The van der Waals surface area contributed by atoms with Crippen molar-refractivity contribution in [3.63, 3.8) is 0 Å². The van der Waals surface area contributed by atoms with E-state index in [1.165, 1.54) is 25.7 Å². The zero-order valence-electron chi connectivity index (χ0n) is 24.2. The van der Waals surface area contributed by atoms with Crippen molar-refractivity contribution in [2.24, 2.45) is 46.3 Å². The quantitative estimate of drug-likeness (QED) is 0.249. The Morgan fingerprint density at radius 2 is 1.75 bits per heavy atom. The molecule has 0 aliphatic heterocycles. The number of nitrogens with zero attached hydrogens (tertiary/aromatic N) is 1. The lowest BCUT2D eigenvalue weighted by molar-refractivity contribution is -0.870. The minimum atomic E-state index is -0.255. The Labute approximate surface area is 220 Å². The number of carbonyl (C=O) groups excluding carboxylic acids is 1. The number of quaternary nitrogens is 1. The van der Waals surface area contributed by atoms with Crippen molar-refractivity contribution >= 4 is 5.97 Å². The van der Waals surface area contributed by atoms with Crippen LogP contribution in [0.1, 0.15) is 97.8 Å². The van der Waals surface area contributed by atoms with Crippen LogP contribution in [0.15, 0.2) is 0 Å². The largest absolute Gasteiger partial charge is 0.466 e. The number of fused-ring (bicyclic) bond motifs is 5. The highest BCUT2D eigenvalue weighted by Gasteiger charge is 2.63. The van der Waals surface area contributed by atoms with Crippen molar-refractivity contribution in [2.45, 2.75) is 110 Å². The van der Waals surface area contributed by atoms with Crippen LogP contribution in [0.5, 0.6) is 0 Å². The van der Waals surface area contributed by atoms with Gasteiger partial charge in [0.05, 0.1) is 46.5 Å². The van der Waals surface area contributed by atoms with Crippen LogP contribution in [0.4, 0.5) is 0 Å². The molecule has 2 N–H and O–H groups in total. The number of carbonyl (C=O) groups is 1. The average molecular weight is 507 g/mol. The van der Waals surface area contributed by atoms with Crippen molar-refractivity contribution in [3.8, 4) is 0 Å². The molecule has 0 heterocycles. The summed E-state index contributed by atoms with van der Waals surface area (Å²) in [4.78, 5) is 12.4. The van der Waals surface area contributed by atoms with E-state index in [0.29, 0.717) is 48.5 Å². The molecule has 4 aliphatic carbocycles. The summed E-state index contributed by atoms with van der Waals surface area (Å²) in [6.45, 7) is 8.82. The van der Waals surface area contributed by atoms with Gasteiger partial charge in [0.15, 0.2) is 0 Å². The third-order valence-corrected chi connectivity index (χ3v) is 11.8. The van der Waals surface area contributed by atoms with E-state index < -0.39 is 0 Å². The van der Waals surface area contributed by atoms with E-state index in [1.807, 2.05) is 0 Å². The normalized spacial score (nSPS) is 43.3. The van der Waals surface area contributed by atoms with Crippen LogP contribution in [0.25, 0.3) is 0 Å². The van der Waals surface area contributed by atoms with Gasteiger partial charge in [0.1, 0.15) is 0 Å². The second-order valence-corrected chi connectivity index (χ2v) is 14.8. The summed E-state index contributed by atoms with van der Waals surface area (Å²) < 4.78 is 6.50. The first kappa shape index (κ1) is 28.4. The van der Waals surface area contributed by atoms with Gasteiger partial charge in [-0.2, -0.15) is 0 Å². The highest BCUT2D eigenvalue weighted by atomic mass is 16.5. The van der Waals surface area contributed by atoms with Gasteiger partial charge < -0.3 is 19.4 Å². The van der Waals surface area contributed by atoms with Gasteiger partial charge in [-0.3, -0.25) is 4.79 Å². The molecule has 5 nitrogen and oxygen atoms in total. The van der Waals surface area contributed by atoms with E-state index in [4.69, 9.17) is 4.74 Å². The average Bonchev–Trinajstić information content (AvgIpc) is 3.16. The van der Waals surface area contributed by atoms with Gasteiger partial charge in [0.2, 0.25) is 0 Å². The van der Waals surface area contributed by atoms with E-state index in [1.54, 1.807) is 0 Å². The molecule has 5 heteroatoms. The first-order valence-corrected chi connectivity index (χ1v) is 15.2. The summed E-state index contributed by atoms with van der Waals surface area (Å²) in [5, 5.41) is 22.0. The van der Waals surface area contributed by atoms with E-state index in [2.05, 4.69) is 41.9 Å². The third kappa shape index (κ3) is 5.54. The molecular weight excluding hydrogens is 450 g/mol. The molecule has 10 atom stereocenters. The van der Waals surface area contributed by atoms with Gasteiger partial charge in [-0.25, -0.2) is 0 Å². The zero-order chi connectivity index (χ0) is 26.3. The topological polar surface area (TPSA) is 66.8 Å². The smallest absolute Gasteiger partial charge is 0.305 e. The molecule has 0 unspecified atom stereocenters. The molecule has 0 aromatic heterocycles. The van der Waals surface area contributed by atoms with Gasteiger partial charge in [0, 0.05) is 6.42 Å². The summed E-state index contributed by atoms with van der Waals surface area (Å²) >= 11 is 0. The number of hydrogen-bond donors (Lipinski definition) is 2. The van der Waals surface area contributed by atoms with Crippen LogP contribution in [0.3, 0.4) is 0 Å². The van der Waals surface area contributed by atoms with Crippen LogP contribution < -0.4 is 0 Å². The molecule has 4 rings (SSSR count). The monoisotopic (exact) mass is 506 g/mol. The molecule has 0 aromatic rings. The molecule has 4 aliphatic rings. The fraction of sp³-hybridized carbons (Fsp3) is 0.968. The molecular formula is C31H56NO4+. The van der Waals surface area contributed by atoms with Crippen molar-refractivity contribution in [3.05, 3.63) is 0 Å². The van der Waals surface area contributed by atoms with Crippen LogP contribution >= 0.6 is 0 Å². The maximum absolute atomic E-state index is 12.4. The van der Waals surface area contributed by atoms with Crippen LogP contribution in [0.2, 0.25) is 0 Å². The molecule has 4 saturated carbocycles. The minimum Gasteiger partial charge on any atom is -0.466 e. The Bertz CT molecular complexity index is 764. The summed E-state index contributed by atoms with van der Waals surface area (Å²) in [5.74, 6) is 3.37. The van der Waals surface area contributed by atoms with Crippen LogP contribution in [0, 0.1) is 46.3 Å². The van der Waals surface area contributed by atoms with Crippen LogP contribution in [-0.4, -0.2) is 67.2 Å². The molecule has 0 saturated heterocycles. The number of unbranched alkanes of at least 4 members (excludes halogenated alkanes) is 1. The lowest BCUT2D eigenvalue weighted by Gasteiger charge is -2.62. The minimum absolute atomic E-state index is 0.0347. The summed E-state index contributed by atoms with van der Waals surface area (Å²) in [7, 11) is 6.58. The predicted molar refractivity (Wildman–Crippen MR) is 144 cm³/mol. The predicted octanol–water partition coefficient (Wildman–Crippen LogP) is 5.42. The first-order chi connectivity index (χ1) is 16.9. The molecule has 0 spiro atoms. The lowest BCUT2D eigenvalue weighted by atomic mass is 9.43. The standard InChI is InChI=1S/C31H56NO4/c1-21(9-14-29(35)36-18-8-7-17-32(4,5)6)25-12-13-26-24-11-10-22-19-23(33)15-16-30(22,2)27(24)20-28(34)31(25,26)3/h21-28,33-34H,7-20H2,1-6H3/q+1/t21-,22-,23-,24+,25-,26+,27+,28+,30+,31-/m1/s1. The van der Waals surface area contributed by atoms with Gasteiger partial charge >= 0.3 is 5.97 Å².